The number of aromatic amines is 1. The van der Waals surface area contributed by atoms with Crippen molar-refractivity contribution >= 4 is 0 Å². The topological polar surface area (TPSA) is 59.4 Å². The van der Waals surface area contributed by atoms with E-state index in [4.69, 9.17) is 0 Å². The molecule has 3 aromatic rings. The Morgan fingerprint density at radius 1 is 1.30 bits per heavy atom. The van der Waals surface area contributed by atoms with Crippen molar-refractivity contribution in [2.24, 2.45) is 0 Å². The molecule has 0 amide bonds. The maximum absolute atomic E-state index is 13.3. The zero-order chi connectivity index (χ0) is 13.9. The fourth-order valence-electron chi connectivity index (χ4n) is 2.28. The minimum absolute atomic E-state index is 0.0209. The van der Waals surface area contributed by atoms with Gasteiger partial charge in [0.05, 0.1) is 6.04 Å². The van der Waals surface area contributed by atoms with Crippen molar-refractivity contribution in [2.45, 2.75) is 19.4 Å². The predicted molar refractivity (Wildman–Crippen MR) is 72.4 cm³/mol. The molecule has 0 aromatic carbocycles. The van der Waals surface area contributed by atoms with E-state index in [-0.39, 0.29) is 6.04 Å². The molecule has 0 aliphatic heterocycles. The van der Waals surface area contributed by atoms with E-state index in [0.29, 0.717) is 11.5 Å². The van der Waals surface area contributed by atoms with Crippen molar-refractivity contribution in [3.8, 4) is 11.5 Å². The van der Waals surface area contributed by atoms with Crippen LogP contribution in [0, 0.1) is 5.95 Å². The lowest BCUT2D eigenvalue weighted by Gasteiger charge is -2.17. The second-order valence-electron chi connectivity index (χ2n) is 4.40. The highest BCUT2D eigenvalue weighted by molar-refractivity contribution is 5.49. The zero-order valence-electron chi connectivity index (χ0n) is 11.0. The molecule has 5 nitrogen and oxygen atoms in total. The van der Waals surface area contributed by atoms with Gasteiger partial charge in [0.2, 0.25) is 5.95 Å². The summed E-state index contributed by atoms with van der Waals surface area (Å²) < 4.78 is 15.2. The summed E-state index contributed by atoms with van der Waals surface area (Å²) in [5, 5.41) is 0. The van der Waals surface area contributed by atoms with Crippen LogP contribution in [0.3, 0.4) is 0 Å². The van der Waals surface area contributed by atoms with Crippen molar-refractivity contribution in [2.75, 3.05) is 0 Å². The molecule has 0 radical (unpaired) electrons. The summed E-state index contributed by atoms with van der Waals surface area (Å²) in [6.45, 7) is 2.07. The van der Waals surface area contributed by atoms with Crippen LogP contribution in [0.2, 0.25) is 0 Å². The van der Waals surface area contributed by atoms with Crippen LogP contribution in [0.1, 0.15) is 25.2 Å². The van der Waals surface area contributed by atoms with Gasteiger partial charge in [-0.2, -0.15) is 4.39 Å². The van der Waals surface area contributed by atoms with Crippen LogP contribution in [0.4, 0.5) is 4.39 Å². The van der Waals surface area contributed by atoms with Gasteiger partial charge in [0.1, 0.15) is 11.5 Å². The lowest BCUT2D eigenvalue weighted by atomic mass is 10.2. The van der Waals surface area contributed by atoms with Gasteiger partial charge in [-0.3, -0.25) is 0 Å². The molecule has 0 saturated carbocycles. The maximum atomic E-state index is 13.3. The van der Waals surface area contributed by atoms with E-state index in [9.17, 15) is 4.39 Å². The fraction of sp³-hybridized carbons (Fsp3) is 0.214. The van der Waals surface area contributed by atoms with Crippen LogP contribution in [0.25, 0.3) is 11.5 Å². The van der Waals surface area contributed by atoms with Gasteiger partial charge in [-0.15, -0.1) is 0 Å². The zero-order valence-corrected chi connectivity index (χ0v) is 11.0. The number of rotatable bonds is 4. The van der Waals surface area contributed by atoms with Crippen LogP contribution >= 0.6 is 0 Å². The summed E-state index contributed by atoms with van der Waals surface area (Å²) in [4.78, 5) is 15.6. The summed E-state index contributed by atoms with van der Waals surface area (Å²) in [7, 11) is 0. The van der Waals surface area contributed by atoms with E-state index in [2.05, 4.69) is 26.9 Å². The molecule has 0 spiro atoms. The molecule has 3 aromatic heterocycles. The average Bonchev–Trinajstić information content (AvgIpc) is 3.11. The summed E-state index contributed by atoms with van der Waals surface area (Å²) in [6.07, 6.45) is 7.89. The third kappa shape index (κ3) is 2.20. The van der Waals surface area contributed by atoms with Gasteiger partial charge in [0.25, 0.3) is 0 Å². The van der Waals surface area contributed by atoms with Gasteiger partial charge in [0, 0.05) is 24.8 Å². The van der Waals surface area contributed by atoms with E-state index in [1.165, 1.54) is 6.07 Å². The summed E-state index contributed by atoms with van der Waals surface area (Å²) in [5.74, 6) is 0.971. The number of imidazole rings is 2. The number of hydrogen-bond acceptors (Lipinski definition) is 3. The second kappa shape index (κ2) is 5.24. The molecule has 6 heteroatoms. The quantitative estimate of drug-likeness (QED) is 0.742. The van der Waals surface area contributed by atoms with Crippen LogP contribution in [-0.4, -0.2) is 24.5 Å². The molecule has 0 aliphatic carbocycles. The van der Waals surface area contributed by atoms with Gasteiger partial charge < -0.3 is 9.55 Å². The highest BCUT2D eigenvalue weighted by Gasteiger charge is 2.18. The normalized spacial score (nSPS) is 12.5. The Labute approximate surface area is 115 Å². The third-order valence-electron chi connectivity index (χ3n) is 3.17. The van der Waals surface area contributed by atoms with Gasteiger partial charge in [0.15, 0.2) is 5.82 Å². The van der Waals surface area contributed by atoms with Crippen molar-refractivity contribution in [3.05, 3.63) is 54.8 Å². The third-order valence-corrected chi connectivity index (χ3v) is 3.17. The predicted octanol–water partition coefficient (Wildman–Crippen LogP) is 2.81. The number of halogens is 1. The number of nitrogens with zero attached hydrogens (tertiary/aromatic N) is 4. The molecule has 3 heterocycles. The molecule has 0 bridgehead atoms. The minimum Gasteiger partial charge on any atom is -0.347 e. The lowest BCUT2D eigenvalue weighted by Crippen LogP contribution is -2.12. The first-order chi connectivity index (χ1) is 9.79. The molecule has 20 heavy (non-hydrogen) atoms. The van der Waals surface area contributed by atoms with Gasteiger partial charge in [-0.1, -0.05) is 13.0 Å². The number of aromatic nitrogens is 5. The number of pyridine rings is 1. The summed E-state index contributed by atoms with van der Waals surface area (Å²) in [5.41, 5.74) is 0.514. The molecule has 1 N–H and O–H groups in total. The van der Waals surface area contributed by atoms with Crippen LogP contribution in [0.15, 0.2) is 43.0 Å². The van der Waals surface area contributed by atoms with Crippen LogP contribution in [-0.2, 0) is 0 Å². The average molecular weight is 271 g/mol. The van der Waals surface area contributed by atoms with Gasteiger partial charge >= 0.3 is 0 Å². The van der Waals surface area contributed by atoms with Gasteiger partial charge in [-0.05, 0) is 18.6 Å². The summed E-state index contributed by atoms with van der Waals surface area (Å²) in [6, 6.07) is 4.72. The molecule has 102 valence electrons. The van der Waals surface area contributed by atoms with Gasteiger partial charge in [-0.25, -0.2) is 15.0 Å². The Hall–Kier alpha value is -2.50. The van der Waals surface area contributed by atoms with Crippen molar-refractivity contribution < 1.29 is 4.39 Å². The Bertz CT molecular complexity index is 689. The van der Waals surface area contributed by atoms with Crippen molar-refractivity contribution in [3.63, 3.8) is 0 Å². The largest absolute Gasteiger partial charge is 0.347 e. The molecule has 3 rings (SSSR count). The Kier molecular flexibility index (Phi) is 3.28. The second-order valence-corrected chi connectivity index (χ2v) is 4.40. The highest BCUT2D eigenvalue weighted by atomic mass is 19.1. The van der Waals surface area contributed by atoms with Crippen molar-refractivity contribution in [1.82, 2.24) is 24.5 Å². The monoisotopic (exact) mass is 271 g/mol. The van der Waals surface area contributed by atoms with E-state index < -0.39 is 5.95 Å². The van der Waals surface area contributed by atoms with E-state index in [0.717, 1.165) is 12.2 Å². The molecule has 0 aliphatic rings. The maximum Gasteiger partial charge on any atom is 0.213 e. The molecule has 0 fully saturated rings. The first kappa shape index (κ1) is 12.5. The molecule has 1 unspecified atom stereocenters. The van der Waals surface area contributed by atoms with E-state index in [1.807, 2.05) is 10.8 Å². The highest BCUT2D eigenvalue weighted by Crippen LogP contribution is 2.25. The Balaban J connectivity index is 2.05. The van der Waals surface area contributed by atoms with Crippen molar-refractivity contribution in [1.29, 1.82) is 0 Å². The molecular weight excluding hydrogens is 257 g/mol. The minimum atomic E-state index is -0.511. The first-order valence-electron chi connectivity index (χ1n) is 6.44. The SMILES string of the molecule is CCC(c1ncc[nH]1)n1ccnc1-c1cccc(F)n1. The number of hydrogen-bond donors (Lipinski definition) is 1. The lowest BCUT2D eigenvalue weighted by molar-refractivity contribution is 0.542. The van der Waals surface area contributed by atoms with E-state index >= 15 is 0 Å². The Morgan fingerprint density at radius 3 is 2.90 bits per heavy atom. The molecule has 1 atom stereocenters. The van der Waals surface area contributed by atoms with Crippen LogP contribution < -0.4 is 0 Å². The van der Waals surface area contributed by atoms with Crippen LogP contribution in [0.5, 0.6) is 0 Å². The standard InChI is InChI=1S/C14H14FN5/c1-2-11(13-16-6-7-17-13)20-9-8-18-14(20)10-4-3-5-12(15)19-10/h3-9,11H,2H2,1H3,(H,16,17). The molecular formula is C14H14FN5. The first-order valence-corrected chi connectivity index (χ1v) is 6.44. The number of H-pyrrole nitrogens is 1. The number of nitrogens with one attached hydrogen (secondary N) is 1. The summed E-state index contributed by atoms with van der Waals surface area (Å²) >= 11 is 0. The Morgan fingerprint density at radius 2 is 2.20 bits per heavy atom. The molecule has 0 saturated heterocycles. The fourth-order valence-corrected chi connectivity index (χ4v) is 2.28. The smallest absolute Gasteiger partial charge is 0.213 e. The van der Waals surface area contributed by atoms with E-state index in [1.54, 1.807) is 30.7 Å².